The Bertz CT molecular complexity index is 920. The second-order valence-corrected chi connectivity index (χ2v) is 8.72. The first-order chi connectivity index (χ1) is 14.0. The van der Waals surface area contributed by atoms with Crippen LogP contribution in [0, 0.1) is 0 Å². The van der Waals surface area contributed by atoms with Gasteiger partial charge in [-0.15, -0.1) is 5.10 Å². The van der Waals surface area contributed by atoms with Gasteiger partial charge in [0.25, 0.3) is 11.5 Å². The predicted molar refractivity (Wildman–Crippen MR) is 109 cm³/mol. The normalized spacial score (nSPS) is 20.1. The first kappa shape index (κ1) is 20.1. The zero-order chi connectivity index (χ0) is 20.4. The van der Waals surface area contributed by atoms with Gasteiger partial charge >= 0.3 is 0 Å². The fourth-order valence-electron chi connectivity index (χ4n) is 4.73. The molecule has 8 nitrogen and oxygen atoms in total. The minimum atomic E-state index is -0.800. The van der Waals surface area contributed by atoms with Gasteiger partial charge in [0.15, 0.2) is 5.82 Å². The van der Waals surface area contributed by atoms with Gasteiger partial charge in [0, 0.05) is 31.8 Å². The highest BCUT2D eigenvalue weighted by atomic mass is 16.5. The van der Waals surface area contributed by atoms with Crippen LogP contribution in [0.1, 0.15) is 81.6 Å². The molecule has 8 heteroatoms. The van der Waals surface area contributed by atoms with Crippen molar-refractivity contribution in [3.05, 3.63) is 27.9 Å². The summed E-state index contributed by atoms with van der Waals surface area (Å²) in [4.78, 5) is 34.8. The molecule has 0 aromatic carbocycles. The number of rotatable bonds is 5. The standard InChI is InChI=1S/C21H31N5O3/c1-25(2)19(28)21(11-7-4-8-12-21)29-14-16-13-17(27)26-20(22-16)23-18(24-26)15-9-5-3-6-10-15/h13,15H,3-12,14H2,1-2H3,(H,22,23,24). The highest BCUT2D eigenvalue weighted by Crippen LogP contribution is 2.34. The first-order valence-corrected chi connectivity index (χ1v) is 10.8. The maximum Gasteiger partial charge on any atom is 0.275 e. The number of carbonyl (C=O) groups excluding carboxylic acids is 1. The van der Waals surface area contributed by atoms with Crippen LogP contribution >= 0.6 is 0 Å². The van der Waals surface area contributed by atoms with Gasteiger partial charge in [-0.1, -0.05) is 38.5 Å². The van der Waals surface area contributed by atoms with Crippen LogP contribution in [-0.4, -0.2) is 50.1 Å². The molecule has 2 saturated carbocycles. The van der Waals surface area contributed by atoms with E-state index < -0.39 is 5.60 Å². The molecule has 0 atom stereocenters. The molecule has 158 valence electrons. The van der Waals surface area contributed by atoms with Gasteiger partial charge in [-0.05, 0) is 25.7 Å². The molecule has 4 rings (SSSR count). The second kappa shape index (κ2) is 8.26. The van der Waals surface area contributed by atoms with Crippen LogP contribution in [0.2, 0.25) is 0 Å². The molecule has 29 heavy (non-hydrogen) atoms. The maximum absolute atomic E-state index is 12.8. The monoisotopic (exact) mass is 401 g/mol. The fourth-order valence-corrected chi connectivity index (χ4v) is 4.73. The molecule has 0 saturated heterocycles. The molecule has 2 aromatic heterocycles. The first-order valence-electron chi connectivity index (χ1n) is 10.8. The van der Waals surface area contributed by atoms with E-state index in [2.05, 4.69) is 15.1 Å². The third kappa shape index (κ3) is 4.08. The zero-order valence-electron chi connectivity index (χ0n) is 17.4. The van der Waals surface area contributed by atoms with Crippen LogP contribution in [0.25, 0.3) is 5.78 Å². The summed E-state index contributed by atoms with van der Waals surface area (Å²) in [6, 6.07) is 1.50. The van der Waals surface area contributed by atoms with Gasteiger partial charge in [-0.3, -0.25) is 9.59 Å². The second-order valence-electron chi connectivity index (χ2n) is 8.72. The van der Waals surface area contributed by atoms with Crippen LogP contribution < -0.4 is 5.56 Å². The number of nitrogens with zero attached hydrogens (tertiary/aromatic N) is 4. The number of fused-ring (bicyclic) bond motifs is 1. The summed E-state index contributed by atoms with van der Waals surface area (Å²) in [5.41, 5.74) is -0.392. The van der Waals surface area contributed by atoms with Gasteiger partial charge in [0.05, 0.1) is 6.61 Å². The summed E-state index contributed by atoms with van der Waals surface area (Å²) in [7, 11) is 3.53. The Hall–Kier alpha value is -2.22. The maximum atomic E-state index is 12.8. The Labute approximate surface area is 170 Å². The number of amides is 1. The van der Waals surface area contributed by atoms with Crippen molar-refractivity contribution in [2.75, 3.05) is 14.1 Å². The highest BCUT2D eigenvalue weighted by molar-refractivity contribution is 5.85. The van der Waals surface area contributed by atoms with E-state index in [0.717, 1.165) is 37.9 Å². The molecule has 1 amide bonds. The fraction of sp³-hybridized carbons (Fsp3) is 0.714. The van der Waals surface area contributed by atoms with Crippen LogP contribution in [0.5, 0.6) is 0 Å². The smallest absolute Gasteiger partial charge is 0.275 e. The van der Waals surface area contributed by atoms with E-state index in [1.807, 2.05) is 0 Å². The van der Waals surface area contributed by atoms with Crippen molar-refractivity contribution < 1.29 is 9.53 Å². The molecule has 0 radical (unpaired) electrons. The summed E-state index contributed by atoms with van der Waals surface area (Å²) in [5, 5.41) is 4.45. The van der Waals surface area contributed by atoms with Crippen molar-refractivity contribution in [3.8, 4) is 0 Å². The molecular formula is C21H31N5O3. The van der Waals surface area contributed by atoms with Gasteiger partial charge < -0.3 is 14.6 Å². The summed E-state index contributed by atoms with van der Waals surface area (Å²) >= 11 is 0. The van der Waals surface area contributed by atoms with Crippen LogP contribution in [0.4, 0.5) is 0 Å². The van der Waals surface area contributed by atoms with Crippen molar-refractivity contribution in [2.24, 2.45) is 0 Å². The minimum Gasteiger partial charge on any atom is -0.359 e. The average Bonchev–Trinajstić information content (AvgIpc) is 3.18. The molecule has 2 aliphatic carbocycles. The van der Waals surface area contributed by atoms with Gasteiger partial charge in [-0.2, -0.15) is 9.50 Å². The number of carbonyl (C=O) groups is 1. The number of nitrogens with one attached hydrogen (secondary N) is 1. The van der Waals surface area contributed by atoms with Crippen molar-refractivity contribution in [3.63, 3.8) is 0 Å². The SMILES string of the molecule is CN(C)C(=O)C1(OCc2cc(=O)n3nc(C4CCCCC4)nc3[nH]2)CCCCC1. The lowest BCUT2D eigenvalue weighted by molar-refractivity contribution is -0.163. The lowest BCUT2D eigenvalue weighted by atomic mass is 9.83. The quantitative estimate of drug-likeness (QED) is 0.832. The van der Waals surface area contributed by atoms with Gasteiger partial charge in [-0.25, -0.2) is 0 Å². The van der Waals surface area contributed by atoms with Crippen molar-refractivity contribution >= 4 is 11.7 Å². The van der Waals surface area contributed by atoms with E-state index >= 15 is 0 Å². The minimum absolute atomic E-state index is 0.00249. The van der Waals surface area contributed by atoms with E-state index in [4.69, 9.17) is 4.74 Å². The topological polar surface area (TPSA) is 92.6 Å². The van der Waals surface area contributed by atoms with Crippen LogP contribution in [-0.2, 0) is 16.1 Å². The molecular weight excluding hydrogens is 370 g/mol. The number of ether oxygens (including phenoxy) is 1. The molecule has 2 heterocycles. The molecule has 0 spiro atoms. The van der Waals surface area contributed by atoms with E-state index in [1.54, 1.807) is 19.0 Å². The molecule has 0 unspecified atom stereocenters. The molecule has 2 fully saturated rings. The predicted octanol–water partition coefficient (Wildman–Crippen LogP) is 2.77. The van der Waals surface area contributed by atoms with Crippen molar-refractivity contribution in [1.82, 2.24) is 24.5 Å². The van der Waals surface area contributed by atoms with E-state index in [1.165, 1.54) is 29.8 Å². The third-order valence-corrected chi connectivity index (χ3v) is 6.33. The molecule has 0 bridgehead atoms. The number of likely N-dealkylation sites (N-methyl/N-ethyl adjacent to an activating group) is 1. The number of hydrogen-bond acceptors (Lipinski definition) is 5. The number of H-pyrrole nitrogens is 1. The Morgan fingerprint density at radius 2 is 1.90 bits per heavy atom. The van der Waals surface area contributed by atoms with E-state index in [9.17, 15) is 9.59 Å². The van der Waals surface area contributed by atoms with E-state index in [-0.39, 0.29) is 18.1 Å². The Morgan fingerprint density at radius 1 is 1.21 bits per heavy atom. The lowest BCUT2D eigenvalue weighted by Gasteiger charge is -2.37. The summed E-state index contributed by atoms with van der Waals surface area (Å²) in [6.45, 7) is 0.178. The van der Waals surface area contributed by atoms with Gasteiger partial charge in [0.1, 0.15) is 5.60 Å². The Morgan fingerprint density at radius 3 is 2.59 bits per heavy atom. The van der Waals surface area contributed by atoms with Crippen LogP contribution in [0.15, 0.2) is 10.9 Å². The van der Waals surface area contributed by atoms with E-state index in [0.29, 0.717) is 30.2 Å². The van der Waals surface area contributed by atoms with Gasteiger partial charge in [0.2, 0.25) is 5.78 Å². The molecule has 1 N–H and O–H groups in total. The number of aromatic amines is 1. The average molecular weight is 402 g/mol. The van der Waals surface area contributed by atoms with Crippen molar-refractivity contribution in [1.29, 1.82) is 0 Å². The molecule has 0 aliphatic heterocycles. The number of aromatic nitrogens is 4. The Balaban J connectivity index is 1.55. The molecule has 2 aromatic rings. The summed E-state index contributed by atoms with van der Waals surface area (Å²) in [6.07, 6.45) is 10.3. The highest BCUT2D eigenvalue weighted by Gasteiger charge is 2.41. The van der Waals surface area contributed by atoms with Crippen LogP contribution in [0.3, 0.4) is 0 Å². The Kier molecular flexibility index (Phi) is 5.72. The lowest BCUT2D eigenvalue weighted by Crippen LogP contribution is -2.49. The summed E-state index contributed by atoms with van der Waals surface area (Å²) in [5.74, 6) is 1.54. The molecule has 2 aliphatic rings. The largest absolute Gasteiger partial charge is 0.359 e. The van der Waals surface area contributed by atoms with Crippen molar-refractivity contribution in [2.45, 2.75) is 82.3 Å². The third-order valence-electron chi connectivity index (χ3n) is 6.33. The number of hydrogen-bond donors (Lipinski definition) is 1. The zero-order valence-corrected chi connectivity index (χ0v) is 17.4. The summed E-state index contributed by atoms with van der Waals surface area (Å²) < 4.78 is 7.53.